The van der Waals surface area contributed by atoms with Gasteiger partial charge in [-0.2, -0.15) is 0 Å². The summed E-state index contributed by atoms with van der Waals surface area (Å²) in [5.41, 5.74) is 0. The zero-order chi connectivity index (χ0) is 15.6. The molecule has 7 nitrogen and oxygen atoms in total. The average molecular weight is 318 g/mol. The third-order valence-electron chi connectivity index (χ3n) is 4.03. The van der Waals surface area contributed by atoms with Crippen molar-refractivity contribution in [2.45, 2.75) is 32.2 Å². The van der Waals surface area contributed by atoms with Crippen molar-refractivity contribution in [3.63, 3.8) is 0 Å². The Hall–Kier alpha value is -1.31. The molecule has 1 unspecified atom stereocenters. The Labute approximate surface area is 124 Å². The Morgan fingerprint density at radius 2 is 1.90 bits per heavy atom. The standard InChI is InChI=1S/C13H22N2O5S/c1-2-14(7-10-3-4-10)13(18)15(8-12(16)17)11-5-6-21(19,20)9-11/h10-11H,2-9H2,1H3,(H,16,17). The van der Waals surface area contributed by atoms with Gasteiger partial charge in [0.15, 0.2) is 9.84 Å². The molecule has 1 aliphatic heterocycles. The summed E-state index contributed by atoms with van der Waals surface area (Å²) in [6.07, 6.45) is 2.52. The Morgan fingerprint density at radius 3 is 2.33 bits per heavy atom. The van der Waals surface area contributed by atoms with Crippen molar-refractivity contribution in [3.8, 4) is 0 Å². The van der Waals surface area contributed by atoms with Crippen molar-refractivity contribution in [3.05, 3.63) is 0 Å². The summed E-state index contributed by atoms with van der Waals surface area (Å²) < 4.78 is 23.2. The van der Waals surface area contributed by atoms with Crippen molar-refractivity contribution in [1.29, 1.82) is 0 Å². The highest BCUT2D eigenvalue weighted by molar-refractivity contribution is 7.91. The number of hydrogen-bond donors (Lipinski definition) is 1. The lowest BCUT2D eigenvalue weighted by atomic mass is 10.2. The summed E-state index contributed by atoms with van der Waals surface area (Å²) in [5.74, 6) is -0.717. The van der Waals surface area contributed by atoms with Gasteiger partial charge in [0.2, 0.25) is 0 Å². The van der Waals surface area contributed by atoms with Crippen LogP contribution in [-0.2, 0) is 14.6 Å². The molecule has 1 N–H and O–H groups in total. The molecule has 21 heavy (non-hydrogen) atoms. The first-order chi connectivity index (χ1) is 9.82. The molecule has 0 bridgehead atoms. The predicted molar refractivity (Wildman–Crippen MR) is 76.8 cm³/mol. The van der Waals surface area contributed by atoms with Gasteiger partial charge >= 0.3 is 12.0 Å². The van der Waals surface area contributed by atoms with Crippen LogP contribution in [0.3, 0.4) is 0 Å². The van der Waals surface area contributed by atoms with Crippen LogP contribution in [0.1, 0.15) is 26.2 Å². The maximum absolute atomic E-state index is 12.6. The molecule has 0 spiro atoms. The molecule has 2 fully saturated rings. The van der Waals surface area contributed by atoms with E-state index < -0.39 is 28.4 Å². The average Bonchev–Trinajstić information content (AvgIpc) is 3.15. The lowest BCUT2D eigenvalue weighted by Gasteiger charge is -2.32. The second-order valence-electron chi connectivity index (χ2n) is 5.84. The summed E-state index contributed by atoms with van der Waals surface area (Å²) in [6, 6.07) is -0.874. The van der Waals surface area contributed by atoms with E-state index in [0.717, 1.165) is 12.8 Å². The van der Waals surface area contributed by atoms with Gasteiger partial charge in [0.25, 0.3) is 0 Å². The van der Waals surface area contributed by atoms with Gasteiger partial charge in [-0.1, -0.05) is 0 Å². The van der Waals surface area contributed by atoms with Gasteiger partial charge in [-0.05, 0) is 32.1 Å². The Balaban J connectivity index is 2.10. The summed E-state index contributed by atoms with van der Waals surface area (Å²) in [5, 5.41) is 9.01. The first kappa shape index (κ1) is 16.1. The van der Waals surface area contributed by atoms with E-state index in [1.807, 2.05) is 6.92 Å². The van der Waals surface area contributed by atoms with Crippen LogP contribution in [0.4, 0.5) is 4.79 Å². The highest BCUT2D eigenvalue weighted by atomic mass is 32.2. The minimum absolute atomic E-state index is 0.0236. The maximum atomic E-state index is 12.6. The number of hydrogen-bond acceptors (Lipinski definition) is 4. The van der Waals surface area contributed by atoms with E-state index in [1.54, 1.807) is 4.90 Å². The number of carboxylic acid groups (broad SMARTS) is 1. The summed E-state index contributed by atoms with van der Waals surface area (Å²) in [4.78, 5) is 26.4. The third kappa shape index (κ3) is 4.33. The van der Waals surface area contributed by atoms with E-state index in [1.165, 1.54) is 4.90 Å². The fourth-order valence-corrected chi connectivity index (χ4v) is 4.39. The molecule has 2 amide bonds. The van der Waals surface area contributed by atoms with E-state index in [9.17, 15) is 18.0 Å². The molecular weight excluding hydrogens is 296 g/mol. The number of carbonyl (C=O) groups excluding carboxylic acids is 1. The van der Waals surface area contributed by atoms with Crippen LogP contribution in [0.15, 0.2) is 0 Å². The molecule has 1 saturated carbocycles. The predicted octanol–water partition coefficient (Wildman–Crippen LogP) is 0.412. The molecule has 0 aromatic carbocycles. The van der Waals surface area contributed by atoms with Crippen molar-refractivity contribution < 1.29 is 23.1 Å². The van der Waals surface area contributed by atoms with Crippen LogP contribution in [0.5, 0.6) is 0 Å². The SMILES string of the molecule is CCN(CC1CC1)C(=O)N(CC(=O)O)C1CCS(=O)(=O)C1. The minimum atomic E-state index is -3.16. The lowest BCUT2D eigenvalue weighted by molar-refractivity contribution is -0.138. The van der Waals surface area contributed by atoms with Crippen molar-refractivity contribution >= 4 is 21.8 Å². The Morgan fingerprint density at radius 1 is 1.24 bits per heavy atom. The Bertz CT molecular complexity index is 515. The molecule has 1 aliphatic carbocycles. The number of carboxylic acids is 1. The molecule has 1 heterocycles. The Kier molecular flexibility index (Phi) is 4.75. The minimum Gasteiger partial charge on any atom is -0.480 e. The molecule has 8 heteroatoms. The first-order valence-corrected chi connectivity index (χ1v) is 9.12. The van der Waals surface area contributed by atoms with E-state index in [2.05, 4.69) is 0 Å². The summed E-state index contributed by atoms with van der Waals surface area (Å²) in [7, 11) is -3.16. The number of aliphatic carboxylic acids is 1. The van der Waals surface area contributed by atoms with Gasteiger partial charge in [0.05, 0.1) is 11.5 Å². The van der Waals surface area contributed by atoms with Gasteiger partial charge in [-0.15, -0.1) is 0 Å². The van der Waals surface area contributed by atoms with E-state index in [4.69, 9.17) is 5.11 Å². The molecule has 2 aliphatic rings. The number of sulfone groups is 1. The van der Waals surface area contributed by atoms with Crippen LogP contribution >= 0.6 is 0 Å². The normalized spacial score (nSPS) is 23.8. The van der Waals surface area contributed by atoms with Crippen LogP contribution in [0, 0.1) is 5.92 Å². The lowest BCUT2D eigenvalue weighted by Crippen LogP contribution is -2.51. The summed E-state index contributed by atoms with van der Waals surface area (Å²) in [6.45, 7) is 2.54. The quantitative estimate of drug-likeness (QED) is 0.765. The second kappa shape index (κ2) is 6.21. The monoisotopic (exact) mass is 318 g/mol. The van der Waals surface area contributed by atoms with Gasteiger partial charge in [0.1, 0.15) is 6.54 Å². The third-order valence-corrected chi connectivity index (χ3v) is 5.78. The van der Waals surface area contributed by atoms with Crippen LogP contribution < -0.4 is 0 Å². The molecule has 0 radical (unpaired) electrons. The van der Waals surface area contributed by atoms with Gasteiger partial charge < -0.3 is 14.9 Å². The zero-order valence-electron chi connectivity index (χ0n) is 12.2. The van der Waals surface area contributed by atoms with Crippen molar-refractivity contribution in [1.82, 2.24) is 9.80 Å². The number of urea groups is 1. The molecule has 1 saturated heterocycles. The fourth-order valence-electron chi connectivity index (χ4n) is 2.66. The smallest absolute Gasteiger partial charge is 0.323 e. The molecule has 0 aromatic heterocycles. The molecular formula is C13H22N2O5S. The van der Waals surface area contributed by atoms with Crippen LogP contribution in [0.25, 0.3) is 0 Å². The highest BCUT2D eigenvalue weighted by Crippen LogP contribution is 2.30. The van der Waals surface area contributed by atoms with E-state index in [-0.39, 0.29) is 17.5 Å². The number of nitrogens with zero attached hydrogens (tertiary/aromatic N) is 2. The van der Waals surface area contributed by atoms with Crippen molar-refractivity contribution in [2.75, 3.05) is 31.1 Å². The van der Waals surface area contributed by atoms with Crippen molar-refractivity contribution in [2.24, 2.45) is 5.92 Å². The van der Waals surface area contributed by atoms with Gasteiger partial charge in [0, 0.05) is 19.1 Å². The van der Waals surface area contributed by atoms with Crippen LogP contribution in [0.2, 0.25) is 0 Å². The van der Waals surface area contributed by atoms with Crippen LogP contribution in [-0.4, -0.2) is 72.5 Å². The molecule has 0 aromatic rings. The highest BCUT2D eigenvalue weighted by Gasteiger charge is 2.38. The number of carbonyl (C=O) groups is 2. The van der Waals surface area contributed by atoms with Gasteiger partial charge in [-0.25, -0.2) is 13.2 Å². The topological polar surface area (TPSA) is 95.0 Å². The van der Waals surface area contributed by atoms with Gasteiger partial charge in [-0.3, -0.25) is 4.79 Å². The second-order valence-corrected chi connectivity index (χ2v) is 8.07. The molecule has 1 atom stereocenters. The molecule has 2 rings (SSSR count). The number of amides is 2. The fraction of sp³-hybridized carbons (Fsp3) is 0.846. The largest absolute Gasteiger partial charge is 0.480 e. The zero-order valence-corrected chi connectivity index (χ0v) is 13.0. The molecule has 120 valence electrons. The number of rotatable bonds is 6. The van der Waals surface area contributed by atoms with E-state index in [0.29, 0.717) is 25.4 Å². The maximum Gasteiger partial charge on any atom is 0.323 e. The first-order valence-electron chi connectivity index (χ1n) is 7.30. The van der Waals surface area contributed by atoms with E-state index >= 15 is 0 Å². The summed E-state index contributed by atoms with van der Waals surface area (Å²) >= 11 is 0.